The van der Waals surface area contributed by atoms with Gasteiger partial charge in [0.15, 0.2) is 5.78 Å². The SMILES string of the molecule is C[C@H]1CC(=O)c2cc(C(=O)NCc3ccccn3)c(=O)[nH]c2C1. The van der Waals surface area contributed by atoms with Crippen molar-refractivity contribution in [3.05, 3.63) is 63.3 Å². The average molecular weight is 311 g/mol. The third-order valence-corrected chi connectivity index (χ3v) is 3.91. The molecule has 0 unspecified atom stereocenters. The molecule has 0 aliphatic heterocycles. The zero-order chi connectivity index (χ0) is 16.4. The standard InChI is InChI=1S/C17H17N3O3/c1-10-6-14-12(15(21)7-10)8-13(17(23)20-14)16(22)19-9-11-4-2-3-5-18-11/h2-5,8,10H,6-7,9H2,1H3,(H,19,22)(H,20,23)/t10-/m1/s1. The molecule has 6 heteroatoms. The van der Waals surface area contributed by atoms with Gasteiger partial charge < -0.3 is 10.3 Å². The topological polar surface area (TPSA) is 91.9 Å². The maximum atomic E-state index is 12.2. The van der Waals surface area contributed by atoms with Crippen molar-refractivity contribution in [3.63, 3.8) is 0 Å². The van der Waals surface area contributed by atoms with E-state index in [0.717, 1.165) is 0 Å². The zero-order valence-electron chi connectivity index (χ0n) is 12.8. The molecular formula is C17H17N3O3. The molecule has 118 valence electrons. The predicted octanol–water partition coefficient (Wildman–Crippen LogP) is 1.46. The summed E-state index contributed by atoms with van der Waals surface area (Å²) in [5.41, 5.74) is 1.26. The number of fused-ring (bicyclic) bond motifs is 1. The van der Waals surface area contributed by atoms with Crippen LogP contribution in [0.3, 0.4) is 0 Å². The second kappa shape index (κ2) is 6.16. The van der Waals surface area contributed by atoms with Gasteiger partial charge in [0.1, 0.15) is 5.56 Å². The predicted molar refractivity (Wildman–Crippen MR) is 84.3 cm³/mol. The summed E-state index contributed by atoms with van der Waals surface area (Å²) < 4.78 is 0. The molecule has 2 aromatic heterocycles. The van der Waals surface area contributed by atoms with Crippen LogP contribution in [0.15, 0.2) is 35.3 Å². The maximum Gasteiger partial charge on any atom is 0.261 e. The first-order valence-electron chi connectivity index (χ1n) is 7.52. The summed E-state index contributed by atoms with van der Waals surface area (Å²) >= 11 is 0. The minimum absolute atomic E-state index is 0.0335. The summed E-state index contributed by atoms with van der Waals surface area (Å²) in [6, 6.07) is 6.80. The Balaban J connectivity index is 1.83. The summed E-state index contributed by atoms with van der Waals surface area (Å²) in [6.45, 7) is 2.19. The van der Waals surface area contributed by atoms with Crippen molar-refractivity contribution in [2.75, 3.05) is 0 Å². The molecule has 1 aliphatic rings. The first kappa shape index (κ1) is 15.1. The fourth-order valence-electron chi connectivity index (χ4n) is 2.76. The number of aromatic nitrogens is 2. The van der Waals surface area contributed by atoms with Crippen LogP contribution >= 0.6 is 0 Å². The molecule has 0 fully saturated rings. The highest BCUT2D eigenvalue weighted by Crippen LogP contribution is 2.23. The van der Waals surface area contributed by atoms with Gasteiger partial charge >= 0.3 is 0 Å². The number of nitrogens with zero attached hydrogens (tertiary/aromatic N) is 1. The first-order chi connectivity index (χ1) is 11.0. The molecule has 2 heterocycles. The number of carbonyl (C=O) groups is 2. The second-order valence-electron chi connectivity index (χ2n) is 5.84. The molecule has 0 spiro atoms. The van der Waals surface area contributed by atoms with E-state index in [1.165, 1.54) is 6.07 Å². The lowest BCUT2D eigenvalue weighted by molar-refractivity contribution is 0.0948. The van der Waals surface area contributed by atoms with E-state index < -0.39 is 11.5 Å². The van der Waals surface area contributed by atoms with Gasteiger partial charge in [-0.1, -0.05) is 13.0 Å². The number of rotatable bonds is 3. The lowest BCUT2D eigenvalue weighted by Crippen LogP contribution is -2.32. The first-order valence-corrected chi connectivity index (χ1v) is 7.52. The Labute approximate surface area is 133 Å². The molecule has 0 saturated heterocycles. The number of ketones is 1. The molecule has 1 aliphatic carbocycles. The highest BCUT2D eigenvalue weighted by Gasteiger charge is 2.25. The largest absolute Gasteiger partial charge is 0.346 e. The summed E-state index contributed by atoms with van der Waals surface area (Å²) in [5.74, 6) is -0.339. The Hall–Kier alpha value is -2.76. The van der Waals surface area contributed by atoms with E-state index in [4.69, 9.17) is 0 Å². The van der Waals surface area contributed by atoms with Crippen LogP contribution in [0.2, 0.25) is 0 Å². The van der Waals surface area contributed by atoms with Crippen molar-refractivity contribution in [2.24, 2.45) is 5.92 Å². The third kappa shape index (κ3) is 3.21. The molecule has 1 amide bonds. The van der Waals surface area contributed by atoms with E-state index in [1.807, 2.05) is 13.0 Å². The number of Topliss-reactive ketones (excluding diaryl/α,β-unsaturated/α-hetero) is 1. The van der Waals surface area contributed by atoms with Crippen molar-refractivity contribution in [1.29, 1.82) is 0 Å². The number of nitrogens with one attached hydrogen (secondary N) is 2. The van der Waals surface area contributed by atoms with Crippen molar-refractivity contribution < 1.29 is 9.59 Å². The van der Waals surface area contributed by atoms with Crippen molar-refractivity contribution in [2.45, 2.75) is 26.3 Å². The Morgan fingerprint density at radius 2 is 2.17 bits per heavy atom. The highest BCUT2D eigenvalue weighted by molar-refractivity contribution is 6.01. The van der Waals surface area contributed by atoms with E-state index in [1.54, 1.807) is 18.3 Å². The number of aromatic amines is 1. The fraction of sp³-hybridized carbons (Fsp3) is 0.294. The monoisotopic (exact) mass is 311 g/mol. The highest BCUT2D eigenvalue weighted by atomic mass is 16.2. The van der Waals surface area contributed by atoms with Crippen molar-refractivity contribution in [1.82, 2.24) is 15.3 Å². The van der Waals surface area contributed by atoms with Gasteiger partial charge in [-0.05, 0) is 30.5 Å². The second-order valence-corrected chi connectivity index (χ2v) is 5.84. The molecule has 0 radical (unpaired) electrons. The Morgan fingerprint density at radius 1 is 1.35 bits per heavy atom. The van der Waals surface area contributed by atoms with Gasteiger partial charge in [-0.2, -0.15) is 0 Å². The summed E-state index contributed by atoms with van der Waals surface area (Å²) in [4.78, 5) is 43.2. The van der Waals surface area contributed by atoms with Crippen LogP contribution in [0.25, 0.3) is 0 Å². The van der Waals surface area contributed by atoms with Crippen LogP contribution in [-0.4, -0.2) is 21.7 Å². The fourth-order valence-corrected chi connectivity index (χ4v) is 2.76. The quantitative estimate of drug-likeness (QED) is 0.897. The molecule has 0 saturated carbocycles. The lowest BCUT2D eigenvalue weighted by Gasteiger charge is -2.20. The van der Waals surface area contributed by atoms with E-state index in [2.05, 4.69) is 15.3 Å². The van der Waals surface area contributed by atoms with Crippen LogP contribution in [0.4, 0.5) is 0 Å². The minimum atomic E-state index is -0.508. The molecule has 3 rings (SSSR count). The van der Waals surface area contributed by atoms with E-state index in [9.17, 15) is 14.4 Å². The minimum Gasteiger partial charge on any atom is -0.346 e. The summed E-state index contributed by atoms with van der Waals surface area (Å²) in [5, 5.41) is 2.65. The molecule has 1 atom stereocenters. The van der Waals surface area contributed by atoms with Crippen LogP contribution in [0, 0.1) is 5.92 Å². The molecule has 6 nitrogen and oxygen atoms in total. The van der Waals surface area contributed by atoms with Gasteiger partial charge in [0, 0.05) is 23.9 Å². The molecule has 0 bridgehead atoms. The molecular weight excluding hydrogens is 294 g/mol. The van der Waals surface area contributed by atoms with Gasteiger partial charge in [0.25, 0.3) is 11.5 Å². The zero-order valence-corrected chi connectivity index (χ0v) is 12.8. The summed E-state index contributed by atoms with van der Waals surface area (Å²) in [7, 11) is 0. The molecule has 0 aromatic carbocycles. The number of H-pyrrole nitrogens is 1. The summed E-state index contributed by atoms with van der Waals surface area (Å²) in [6.07, 6.45) is 2.72. The average Bonchev–Trinajstić information content (AvgIpc) is 2.53. The number of amides is 1. The van der Waals surface area contributed by atoms with Gasteiger partial charge in [0.2, 0.25) is 0 Å². The number of pyridine rings is 2. The van der Waals surface area contributed by atoms with E-state index >= 15 is 0 Å². The lowest BCUT2D eigenvalue weighted by atomic mass is 9.86. The van der Waals surface area contributed by atoms with Gasteiger partial charge in [-0.25, -0.2) is 0 Å². The normalized spacial score (nSPS) is 16.7. The van der Waals surface area contributed by atoms with Crippen LogP contribution in [-0.2, 0) is 13.0 Å². The van der Waals surface area contributed by atoms with Gasteiger partial charge in [0.05, 0.1) is 12.2 Å². The third-order valence-electron chi connectivity index (χ3n) is 3.91. The Kier molecular flexibility index (Phi) is 4.06. The van der Waals surface area contributed by atoms with Crippen LogP contribution in [0.1, 0.15) is 45.4 Å². The van der Waals surface area contributed by atoms with Gasteiger partial charge in [-0.15, -0.1) is 0 Å². The van der Waals surface area contributed by atoms with Crippen molar-refractivity contribution in [3.8, 4) is 0 Å². The maximum absolute atomic E-state index is 12.2. The molecule has 2 N–H and O–H groups in total. The smallest absolute Gasteiger partial charge is 0.261 e. The van der Waals surface area contributed by atoms with Crippen LogP contribution < -0.4 is 10.9 Å². The van der Waals surface area contributed by atoms with E-state index in [-0.39, 0.29) is 23.8 Å². The van der Waals surface area contributed by atoms with Crippen molar-refractivity contribution >= 4 is 11.7 Å². The van der Waals surface area contributed by atoms with Gasteiger partial charge in [-0.3, -0.25) is 19.4 Å². The van der Waals surface area contributed by atoms with E-state index in [0.29, 0.717) is 29.8 Å². The molecule has 2 aromatic rings. The number of hydrogen-bond donors (Lipinski definition) is 2. The molecule has 23 heavy (non-hydrogen) atoms. The Morgan fingerprint density at radius 3 is 2.91 bits per heavy atom. The van der Waals surface area contributed by atoms with Crippen LogP contribution in [0.5, 0.6) is 0 Å². The number of hydrogen-bond acceptors (Lipinski definition) is 4. The number of carbonyl (C=O) groups excluding carboxylic acids is 2. The Bertz CT molecular complexity index is 812.